The van der Waals surface area contributed by atoms with Gasteiger partial charge in [-0.2, -0.15) is 0 Å². The van der Waals surface area contributed by atoms with Crippen molar-refractivity contribution in [2.45, 2.75) is 19.8 Å². The van der Waals surface area contributed by atoms with E-state index in [2.05, 4.69) is 10.0 Å². The Labute approximate surface area is 113 Å². The number of nitrogens with zero attached hydrogens (tertiary/aromatic N) is 3. The third kappa shape index (κ3) is 14.4. The van der Waals surface area contributed by atoms with Crippen molar-refractivity contribution in [3.05, 3.63) is 22.6 Å². The van der Waals surface area contributed by atoms with Gasteiger partial charge in [-0.15, -0.1) is 0 Å². The van der Waals surface area contributed by atoms with E-state index in [1.807, 2.05) is 12.2 Å². The number of esters is 1. The highest BCUT2D eigenvalue weighted by molar-refractivity contribution is 5.69. The van der Waals surface area contributed by atoms with E-state index in [1.54, 1.807) is 6.92 Å². The Morgan fingerprint density at radius 2 is 2.05 bits per heavy atom. The Hall–Kier alpha value is -1.56. The van der Waals surface area contributed by atoms with E-state index in [1.165, 1.54) is 0 Å². The maximum Gasteiger partial charge on any atom is 0.306 e. The number of carbonyl (C=O) groups excluding carboxylic acids is 1. The van der Waals surface area contributed by atoms with Crippen LogP contribution >= 0.6 is 0 Å². The minimum absolute atomic E-state index is 0.179. The van der Waals surface area contributed by atoms with Gasteiger partial charge in [-0.05, 0) is 18.9 Å². The molecule has 108 valence electrons. The highest BCUT2D eigenvalue weighted by Crippen LogP contribution is 1.94. The molecule has 0 fully saturated rings. The van der Waals surface area contributed by atoms with Gasteiger partial charge in [0.1, 0.15) is 0 Å². The van der Waals surface area contributed by atoms with E-state index in [4.69, 9.17) is 19.7 Å². The Bertz CT molecular complexity index is 301. The zero-order chi connectivity index (χ0) is 14.2. The van der Waals surface area contributed by atoms with E-state index in [0.717, 1.165) is 0 Å². The van der Waals surface area contributed by atoms with Crippen LogP contribution in [0.3, 0.4) is 0 Å². The van der Waals surface area contributed by atoms with Gasteiger partial charge in [0.05, 0.1) is 33.0 Å². The Morgan fingerprint density at radius 1 is 1.26 bits per heavy atom. The molecule has 0 heterocycles. The van der Waals surface area contributed by atoms with Crippen molar-refractivity contribution in [2.24, 2.45) is 5.11 Å². The highest BCUT2D eigenvalue weighted by Gasteiger charge is 1.97. The number of allylic oxidation sites excluding steroid dienone is 1. The molecule has 0 atom stereocenters. The molecule has 0 aliphatic heterocycles. The van der Waals surface area contributed by atoms with Gasteiger partial charge in [-0.25, -0.2) is 0 Å². The topological polar surface area (TPSA) is 93.5 Å². The van der Waals surface area contributed by atoms with Gasteiger partial charge in [-0.3, -0.25) is 4.79 Å². The molecule has 0 aromatic carbocycles. The van der Waals surface area contributed by atoms with Gasteiger partial charge in [0.15, 0.2) is 0 Å². The molecule has 0 amide bonds. The maximum atomic E-state index is 11.0. The molecule has 0 spiro atoms. The van der Waals surface area contributed by atoms with Crippen LogP contribution in [-0.2, 0) is 19.0 Å². The number of ether oxygens (including phenoxy) is 3. The summed E-state index contributed by atoms with van der Waals surface area (Å²) in [6, 6.07) is 0. The van der Waals surface area contributed by atoms with Crippen molar-refractivity contribution in [1.82, 2.24) is 0 Å². The van der Waals surface area contributed by atoms with Crippen LogP contribution in [0.15, 0.2) is 17.3 Å². The normalized spacial score (nSPS) is 10.4. The molecule has 7 nitrogen and oxygen atoms in total. The minimum Gasteiger partial charge on any atom is -0.466 e. The molecular weight excluding hydrogens is 250 g/mol. The van der Waals surface area contributed by atoms with Crippen molar-refractivity contribution in [3.8, 4) is 0 Å². The summed E-state index contributed by atoms with van der Waals surface area (Å²) in [5.41, 5.74) is 8.02. The fourth-order valence-corrected chi connectivity index (χ4v) is 1.14. The number of rotatable bonds is 12. The lowest BCUT2D eigenvalue weighted by atomic mass is 10.3. The minimum atomic E-state index is -0.179. The molecule has 0 bridgehead atoms. The van der Waals surface area contributed by atoms with E-state index >= 15 is 0 Å². The highest BCUT2D eigenvalue weighted by atomic mass is 16.5. The molecule has 0 N–H and O–H groups in total. The Kier molecular flexibility index (Phi) is 13.3. The molecule has 7 heteroatoms. The van der Waals surface area contributed by atoms with Crippen LogP contribution in [0.2, 0.25) is 0 Å². The second-order valence-corrected chi connectivity index (χ2v) is 3.46. The van der Waals surface area contributed by atoms with Crippen molar-refractivity contribution in [1.29, 1.82) is 0 Å². The molecule has 0 radical (unpaired) electrons. The van der Waals surface area contributed by atoms with Gasteiger partial charge in [0.25, 0.3) is 0 Å². The van der Waals surface area contributed by atoms with Crippen LogP contribution in [0.1, 0.15) is 19.8 Å². The lowest BCUT2D eigenvalue weighted by molar-refractivity contribution is -0.143. The number of hydrogen-bond acceptors (Lipinski definition) is 5. The predicted octanol–water partition coefficient (Wildman–Crippen LogP) is 2.23. The quantitative estimate of drug-likeness (QED) is 0.136. The lowest BCUT2D eigenvalue weighted by Gasteiger charge is -2.02. The van der Waals surface area contributed by atoms with Gasteiger partial charge in [-0.1, -0.05) is 17.3 Å². The summed E-state index contributed by atoms with van der Waals surface area (Å²) < 4.78 is 15.2. The van der Waals surface area contributed by atoms with Crippen LogP contribution in [0.5, 0.6) is 0 Å². The second-order valence-electron chi connectivity index (χ2n) is 3.46. The predicted molar refractivity (Wildman–Crippen MR) is 70.7 cm³/mol. The summed E-state index contributed by atoms with van der Waals surface area (Å²) in [4.78, 5) is 13.6. The van der Waals surface area contributed by atoms with Gasteiger partial charge >= 0.3 is 5.97 Å². The molecule has 0 saturated heterocycles. The van der Waals surface area contributed by atoms with Crippen LogP contribution in [0, 0.1) is 0 Å². The SMILES string of the molecule is CCOC(=O)CC/C=C\COCCOCCN=[N+]=[N-]. The summed E-state index contributed by atoms with van der Waals surface area (Å²) in [6.45, 7) is 4.40. The van der Waals surface area contributed by atoms with E-state index in [0.29, 0.717) is 52.4 Å². The standard InChI is InChI=1S/C12H21N3O4/c1-2-19-12(16)6-4-3-5-8-17-10-11-18-9-7-14-15-13/h3,5H,2,4,6-11H2,1H3/b5-3-. The van der Waals surface area contributed by atoms with Crippen molar-refractivity contribution in [3.63, 3.8) is 0 Å². The Morgan fingerprint density at radius 3 is 2.79 bits per heavy atom. The number of carbonyl (C=O) groups is 1. The summed E-state index contributed by atoms with van der Waals surface area (Å²) in [5.74, 6) is -0.179. The zero-order valence-corrected chi connectivity index (χ0v) is 11.3. The van der Waals surface area contributed by atoms with E-state index in [-0.39, 0.29) is 5.97 Å². The first-order valence-corrected chi connectivity index (χ1v) is 6.28. The first kappa shape index (κ1) is 17.4. The first-order chi connectivity index (χ1) is 9.31. The molecule has 0 saturated carbocycles. The van der Waals surface area contributed by atoms with Crippen LogP contribution in [-0.4, -0.2) is 45.5 Å². The lowest BCUT2D eigenvalue weighted by Crippen LogP contribution is -2.06. The molecule has 0 aromatic rings. The van der Waals surface area contributed by atoms with E-state index < -0.39 is 0 Å². The fraction of sp³-hybridized carbons (Fsp3) is 0.750. The third-order valence-electron chi connectivity index (χ3n) is 1.97. The average molecular weight is 271 g/mol. The monoisotopic (exact) mass is 271 g/mol. The van der Waals surface area contributed by atoms with Gasteiger partial charge < -0.3 is 14.2 Å². The summed E-state index contributed by atoms with van der Waals surface area (Å²) in [7, 11) is 0. The van der Waals surface area contributed by atoms with Crippen molar-refractivity contribution >= 4 is 5.97 Å². The van der Waals surface area contributed by atoms with Crippen LogP contribution in [0.4, 0.5) is 0 Å². The van der Waals surface area contributed by atoms with Gasteiger partial charge in [0.2, 0.25) is 0 Å². The van der Waals surface area contributed by atoms with Crippen LogP contribution < -0.4 is 0 Å². The van der Waals surface area contributed by atoms with E-state index in [9.17, 15) is 4.79 Å². The molecule has 0 unspecified atom stereocenters. The largest absolute Gasteiger partial charge is 0.466 e. The summed E-state index contributed by atoms with van der Waals surface area (Å²) in [5, 5.41) is 3.33. The molecule has 0 aliphatic carbocycles. The molecule has 0 aliphatic rings. The van der Waals surface area contributed by atoms with Crippen LogP contribution in [0.25, 0.3) is 10.4 Å². The summed E-state index contributed by atoms with van der Waals surface area (Å²) >= 11 is 0. The average Bonchev–Trinajstić information content (AvgIpc) is 2.40. The third-order valence-corrected chi connectivity index (χ3v) is 1.97. The van der Waals surface area contributed by atoms with Gasteiger partial charge in [0, 0.05) is 17.9 Å². The number of azide groups is 1. The summed E-state index contributed by atoms with van der Waals surface area (Å²) in [6.07, 6.45) is 4.80. The number of hydrogen-bond donors (Lipinski definition) is 0. The van der Waals surface area contributed by atoms with Crippen molar-refractivity contribution in [2.75, 3.05) is 39.6 Å². The first-order valence-electron chi connectivity index (χ1n) is 6.28. The smallest absolute Gasteiger partial charge is 0.306 e. The fourth-order valence-electron chi connectivity index (χ4n) is 1.14. The molecule has 0 aromatic heterocycles. The molecule has 0 rings (SSSR count). The Balaban J connectivity index is 3.21. The molecular formula is C12H21N3O4. The second kappa shape index (κ2) is 14.5. The zero-order valence-electron chi connectivity index (χ0n) is 11.3. The molecule has 19 heavy (non-hydrogen) atoms. The maximum absolute atomic E-state index is 11.0. The van der Waals surface area contributed by atoms with Crippen molar-refractivity contribution < 1.29 is 19.0 Å².